The van der Waals surface area contributed by atoms with Crippen molar-refractivity contribution in [3.05, 3.63) is 209 Å². The van der Waals surface area contributed by atoms with Gasteiger partial charge in [-0.25, -0.2) is 0 Å². The van der Waals surface area contributed by atoms with Gasteiger partial charge >= 0.3 is 0 Å². The number of aliphatic hydroxyl groups is 2. The number of phenolic OH excluding ortho intramolecular Hbond substituents is 1. The fraction of sp³-hybridized carbons (Fsp3) is 0.400. The second kappa shape index (κ2) is 25.5. The van der Waals surface area contributed by atoms with Gasteiger partial charge in [-0.05, 0) is 137 Å². The summed E-state index contributed by atoms with van der Waals surface area (Å²) in [6, 6.07) is 23.7. The number of phenols is 1. The van der Waals surface area contributed by atoms with Crippen molar-refractivity contribution in [3.8, 4) is 28.7 Å². The number of allylic oxidation sites excluding steroid dienone is 1. The number of rotatable bonds is 24. The summed E-state index contributed by atoms with van der Waals surface area (Å²) in [4.78, 5) is 10.4. The summed E-state index contributed by atoms with van der Waals surface area (Å²) >= 11 is 0. The van der Waals surface area contributed by atoms with Crippen LogP contribution >= 0.6 is 0 Å². The van der Waals surface area contributed by atoms with E-state index in [1.165, 1.54) is 0 Å². The lowest BCUT2D eigenvalue weighted by Crippen LogP contribution is -2.39. The molecule has 0 aliphatic rings. The van der Waals surface area contributed by atoms with Gasteiger partial charge in [-0.2, -0.15) is 0 Å². The van der Waals surface area contributed by atoms with E-state index in [9.17, 15) is 15.3 Å². The molecule has 0 aliphatic carbocycles. The molecule has 3 N–H and O–H groups in total. The SMILES string of the molecule is C=CCOc1ccc(C(C)(C)C)cc1C(O)(c1cc(C(C)(C)C)ccc1OCC=C)[C@@H](C)N=Cc1cc(C)c(CC=C)c(C=N[C@H](C)C(O)(c2cc(C(C)(C)C)ccc2OCC=C)c2cc(C(C)(C)C)ccc2OCC=C)c1O. The Labute approximate surface area is 473 Å². The number of hydrogen-bond acceptors (Lipinski definition) is 9. The van der Waals surface area contributed by atoms with E-state index in [1.807, 2.05) is 99.6 Å². The minimum Gasteiger partial charge on any atom is -0.507 e. The zero-order chi connectivity index (χ0) is 58.9. The average molecular weight is 1070 g/mol. The van der Waals surface area contributed by atoms with Gasteiger partial charge in [-0.3, -0.25) is 9.98 Å². The molecular weight excluding hydrogens is 981 g/mol. The predicted octanol–water partition coefficient (Wildman–Crippen LogP) is 15.4. The highest BCUT2D eigenvalue weighted by Crippen LogP contribution is 2.49. The largest absolute Gasteiger partial charge is 0.507 e. The van der Waals surface area contributed by atoms with Crippen molar-refractivity contribution in [2.45, 2.75) is 155 Å². The maximum absolute atomic E-state index is 14.0. The molecule has 2 atom stereocenters. The van der Waals surface area contributed by atoms with Crippen LogP contribution in [0.5, 0.6) is 28.7 Å². The standard InChI is InChI=1S/C70H90N2O7/c1-21-26-54-46(6)39-49(44-71-47(7)69(74,56-40-50(65(9,10)11)27-31-60(56)76-35-22-2)57-41-51(66(12,13)14)28-32-61(57)77-36-23-3)64(73)55(54)45-72-48(8)70(75,58-42-52(67(15,16)17)29-33-62(58)78-37-24-4)59-43-53(68(18,19)20)30-34-63(59)79-38-25-5/h21-25,27-34,39-45,47-48,73-75H,1-5,26,35-38H2,6-20H3/t47-,48-/m1/s1. The Morgan fingerprint density at radius 3 is 1.01 bits per heavy atom. The van der Waals surface area contributed by atoms with Crippen LogP contribution in [0.15, 0.2) is 152 Å². The first-order chi connectivity index (χ1) is 36.9. The molecule has 0 radical (unpaired) electrons. The smallest absolute Gasteiger partial charge is 0.144 e. The molecule has 0 unspecified atom stereocenters. The average Bonchev–Trinajstić information content (AvgIpc) is 3.54. The number of ether oxygens (including phenoxy) is 4. The molecule has 9 nitrogen and oxygen atoms in total. The van der Waals surface area contributed by atoms with Crippen molar-refractivity contribution in [2.24, 2.45) is 9.98 Å². The van der Waals surface area contributed by atoms with E-state index in [0.717, 1.165) is 33.4 Å². The second-order valence-electron chi connectivity index (χ2n) is 24.7. The summed E-state index contributed by atoms with van der Waals surface area (Å²) in [5, 5.41) is 40.5. The van der Waals surface area contributed by atoms with Crippen LogP contribution in [0.4, 0.5) is 0 Å². The van der Waals surface area contributed by atoms with Gasteiger partial charge in [0.1, 0.15) is 66.4 Å². The van der Waals surface area contributed by atoms with Crippen molar-refractivity contribution in [3.63, 3.8) is 0 Å². The summed E-state index contributed by atoms with van der Waals surface area (Å²) in [6.07, 6.45) is 12.1. The van der Waals surface area contributed by atoms with Gasteiger partial charge in [0.15, 0.2) is 0 Å². The van der Waals surface area contributed by atoms with Gasteiger partial charge in [0.05, 0.1) is 12.1 Å². The molecule has 0 saturated heterocycles. The molecule has 0 aliphatic heterocycles. The molecule has 0 heterocycles. The van der Waals surface area contributed by atoms with Crippen LogP contribution in [0.3, 0.4) is 0 Å². The number of nitrogens with zero attached hydrogens (tertiary/aromatic N) is 2. The number of hydrogen-bond donors (Lipinski definition) is 3. The van der Waals surface area contributed by atoms with Crippen molar-refractivity contribution in [1.29, 1.82) is 0 Å². The molecule has 0 spiro atoms. The minimum absolute atomic E-state index is 0.0922. The highest BCUT2D eigenvalue weighted by Gasteiger charge is 2.45. The van der Waals surface area contributed by atoms with E-state index >= 15 is 0 Å². The first kappa shape index (κ1) is 62.9. The first-order valence-electron chi connectivity index (χ1n) is 27.4. The number of benzene rings is 5. The number of aromatic hydroxyl groups is 1. The summed E-state index contributed by atoms with van der Waals surface area (Å²) in [5.74, 6) is 1.75. The van der Waals surface area contributed by atoms with Crippen LogP contribution < -0.4 is 18.9 Å². The van der Waals surface area contributed by atoms with Crippen molar-refractivity contribution >= 4 is 12.4 Å². The fourth-order valence-corrected chi connectivity index (χ4v) is 9.61. The van der Waals surface area contributed by atoms with E-state index in [-0.39, 0.29) is 53.8 Å². The van der Waals surface area contributed by atoms with Crippen molar-refractivity contribution < 1.29 is 34.3 Å². The van der Waals surface area contributed by atoms with Crippen LogP contribution in [0.25, 0.3) is 0 Å². The molecule has 9 heteroatoms. The van der Waals surface area contributed by atoms with Crippen LogP contribution in [-0.2, 0) is 39.3 Å². The molecule has 422 valence electrons. The Morgan fingerprint density at radius 1 is 0.456 bits per heavy atom. The van der Waals surface area contributed by atoms with Crippen LogP contribution in [0.2, 0.25) is 0 Å². The van der Waals surface area contributed by atoms with E-state index in [2.05, 4.69) is 116 Å². The van der Waals surface area contributed by atoms with Gasteiger partial charge in [-0.15, -0.1) is 6.58 Å². The first-order valence-corrected chi connectivity index (χ1v) is 27.4. The Kier molecular flexibility index (Phi) is 20.3. The molecule has 0 fully saturated rings. The summed E-state index contributed by atoms with van der Waals surface area (Å²) in [6.45, 7) is 51.7. The summed E-state index contributed by atoms with van der Waals surface area (Å²) < 4.78 is 25.5. The third-order valence-corrected chi connectivity index (χ3v) is 14.6. The Bertz CT molecular complexity index is 2910. The summed E-state index contributed by atoms with van der Waals surface area (Å²) in [5.41, 5.74) is 3.36. The molecule has 79 heavy (non-hydrogen) atoms. The van der Waals surface area contributed by atoms with Crippen LogP contribution in [0.1, 0.15) is 164 Å². The molecular formula is C70H90N2O7. The monoisotopic (exact) mass is 1070 g/mol. The lowest BCUT2D eigenvalue weighted by molar-refractivity contribution is 0.0524. The van der Waals surface area contributed by atoms with Gasteiger partial charge in [0.2, 0.25) is 0 Å². The molecule has 0 aromatic heterocycles. The Balaban J connectivity index is 1.83. The molecule has 0 amide bonds. The lowest BCUT2D eigenvalue weighted by atomic mass is 9.75. The van der Waals surface area contributed by atoms with E-state index in [4.69, 9.17) is 28.9 Å². The molecule has 0 bridgehead atoms. The number of aryl methyl sites for hydroxylation is 1. The maximum Gasteiger partial charge on any atom is 0.144 e. The molecule has 5 rings (SSSR count). The van der Waals surface area contributed by atoms with Crippen LogP contribution in [-0.4, -0.2) is 66.3 Å². The molecule has 5 aromatic rings. The van der Waals surface area contributed by atoms with Gasteiger partial charge in [0, 0.05) is 45.8 Å². The fourth-order valence-electron chi connectivity index (χ4n) is 9.61. The maximum atomic E-state index is 14.0. The van der Waals surface area contributed by atoms with Crippen molar-refractivity contribution in [2.75, 3.05) is 26.4 Å². The van der Waals surface area contributed by atoms with E-state index < -0.39 is 23.3 Å². The van der Waals surface area contributed by atoms with E-state index in [0.29, 0.717) is 62.8 Å². The van der Waals surface area contributed by atoms with Crippen LogP contribution in [0, 0.1) is 6.92 Å². The highest BCUT2D eigenvalue weighted by atomic mass is 16.5. The number of aliphatic imine (C=N–C) groups is 2. The minimum atomic E-state index is -1.88. The Hall–Kier alpha value is -6.94. The third kappa shape index (κ3) is 14.3. The summed E-state index contributed by atoms with van der Waals surface area (Å²) in [7, 11) is 0. The zero-order valence-corrected chi connectivity index (χ0v) is 50.1. The van der Waals surface area contributed by atoms with Crippen molar-refractivity contribution in [1.82, 2.24) is 0 Å². The second-order valence-corrected chi connectivity index (χ2v) is 24.7. The quantitative estimate of drug-likeness (QED) is 0.0415. The zero-order valence-electron chi connectivity index (χ0n) is 50.1. The van der Waals surface area contributed by atoms with Gasteiger partial charge < -0.3 is 34.3 Å². The van der Waals surface area contributed by atoms with Gasteiger partial charge in [0.25, 0.3) is 0 Å². The lowest BCUT2D eigenvalue weighted by Gasteiger charge is -2.37. The highest BCUT2D eigenvalue weighted by molar-refractivity contribution is 5.94. The third-order valence-electron chi connectivity index (χ3n) is 14.6. The Morgan fingerprint density at radius 2 is 0.747 bits per heavy atom. The predicted molar refractivity (Wildman–Crippen MR) is 330 cm³/mol. The van der Waals surface area contributed by atoms with Gasteiger partial charge in [-0.1, -0.05) is 164 Å². The molecule has 5 aromatic carbocycles. The molecule has 0 saturated carbocycles. The normalized spacial score (nSPS) is 13.5. The van der Waals surface area contributed by atoms with E-state index in [1.54, 1.807) is 42.8 Å². The topological polar surface area (TPSA) is 122 Å².